The highest BCUT2D eigenvalue weighted by atomic mass is 14.9. The van der Waals surface area contributed by atoms with Crippen LogP contribution in [0.2, 0.25) is 0 Å². The van der Waals surface area contributed by atoms with Crippen LogP contribution in [0.15, 0.2) is 12.1 Å². The van der Waals surface area contributed by atoms with Crippen LogP contribution in [0, 0.1) is 0 Å². The molecule has 0 bridgehead atoms. The molecular weight excluding hydrogens is 160 g/mol. The van der Waals surface area contributed by atoms with Crippen molar-refractivity contribution in [1.29, 1.82) is 0 Å². The van der Waals surface area contributed by atoms with Crippen LogP contribution < -0.4 is 10.6 Å². The third kappa shape index (κ3) is 1.37. The molecule has 0 amide bonds. The Labute approximate surface area is 79.4 Å². The van der Waals surface area contributed by atoms with E-state index in [1.807, 2.05) is 7.05 Å². The molecule has 0 spiro atoms. The van der Waals surface area contributed by atoms with E-state index in [4.69, 9.17) is 0 Å². The summed E-state index contributed by atoms with van der Waals surface area (Å²) in [6.07, 6.45) is 2.25. The van der Waals surface area contributed by atoms with Crippen molar-refractivity contribution >= 4 is 11.4 Å². The quantitative estimate of drug-likeness (QED) is 0.722. The van der Waals surface area contributed by atoms with Crippen LogP contribution in [0.3, 0.4) is 0 Å². The molecule has 13 heavy (non-hydrogen) atoms. The zero-order valence-corrected chi connectivity index (χ0v) is 8.28. The molecule has 1 aromatic carbocycles. The first-order valence-corrected chi connectivity index (χ1v) is 4.92. The lowest BCUT2D eigenvalue weighted by molar-refractivity contribution is 1.10. The molecule has 2 nitrogen and oxygen atoms in total. The molecule has 0 unspecified atom stereocenters. The van der Waals surface area contributed by atoms with Crippen LogP contribution in [0.1, 0.15) is 18.1 Å². The largest absolute Gasteiger partial charge is 0.388 e. The molecule has 1 aliphatic rings. The number of benzene rings is 1. The van der Waals surface area contributed by atoms with Gasteiger partial charge in [-0.3, -0.25) is 0 Å². The van der Waals surface area contributed by atoms with E-state index in [0.717, 1.165) is 19.4 Å². The fourth-order valence-electron chi connectivity index (χ4n) is 1.92. The lowest BCUT2D eigenvalue weighted by Gasteiger charge is -2.10. The van der Waals surface area contributed by atoms with E-state index in [1.165, 1.54) is 22.5 Å². The molecule has 1 heterocycles. The Morgan fingerprint density at radius 1 is 1.46 bits per heavy atom. The average molecular weight is 176 g/mol. The SMILES string of the molecule is CCc1cc2c(cc1NC)CCN2. The van der Waals surface area contributed by atoms with E-state index in [2.05, 4.69) is 29.7 Å². The summed E-state index contributed by atoms with van der Waals surface area (Å²) >= 11 is 0. The summed E-state index contributed by atoms with van der Waals surface area (Å²) in [5, 5.41) is 6.65. The number of fused-ring (bicyclic) bond motifs is 1. The van der Waals surface area contributed by atoms with E-state index in [0.29, 0.717) is 0 Å². The lowest BCUT2D eigenvalue weighted by atomic mass is 10.0. The Balaban J connectivity index is 2.47. The summed E-state index contributed by atoms with van der Waals surface area (Å²) in [6.45, 7) is 3.28. The van der Waals surface area contributed by atoms with Gasteiger partial charge in [0, 0.05) is 25.0 Å². The maximum absolute atomic E-state index is 3.40. The Morgan fingerprint density at radius 3 is 3.00 bits per heavy atom. The third-order valence-electron chi connectivity index (χ3n) is 2.69. The summed E-state index contributed by atoms with van der Waals surface area (Å²) in [5.74, 6) is 0. The highest BCUT2D eigenvalue weighted by Gasteiger charge is 2.12. The molecule has 0 atom stereocenters. The lowest BCUT2D eigenvalue weighted by Crippen LogP contribution is -1.96. The van der Waals surface area contributed by atoms with E-state index < -0.39 is 0 Å². The highest BCUT2D eigenvalue weighted by molar-refractivity contribution is 5.66. The fraction of sp³-hybridized carbons (Fsp3) is 0.455. The van der Waals surface area contributed by atoms with Crippen molar-refractivity contribution in [2.75, 3.05) is 24.2 Å². The molecular formula is C11H16N2. The van der Waals surface area contributed by atoms with Gasteiger partial charge in [0.25, 0.3) is 0 Å². The van der Waals surface area contributed by atoms with Gasteiger partial charge in [-0.15, -0.1) is 0 Å². The van der Waals surface area contributed by atoms with Crippen LogP contribution in [0.4, 0.5) is 11.4 Å². The van der Waals surface area contributed by atoms with Gasteiger partial charge >= 0.3 is 0 Å². The highest BCUT2D eigenvalue weighted by Crippen LogP contribution is 2.29. The van der Waals surface area contributed by atoms with Crippen molar-refractivity contribution < 1.29 is 0 Å². The number of hydrogen-bond acceptors (Lipinski definition) is 2. The second-order valence-corrected chi connectivity index (χ2v) is 3.45. The molecule has 0 radical (unpaired) electrons. The molecule has 0 aliphatic carbocycles. The monoisotopic (exact) mass is 176 g/mol. The smallest absolute Gasteiger partial charge is 0.0377 e. The summed E-state index contributed by atoms with van der Waals surface area (Å²) in [6, 6.07) is 4.54. The second kappa shape index (κ2) is 3.29. The summed E-state index contributed by atoms with van der Waals surface area (Å²) < 4.78 is 0. The summed E-state index contributed by atoms with van der Waals surface area (Å²) in [5.41, 5.74) is 5.46. The van der Waals surface area contributed by atoms with Gasteiger partial charge in [-0.25, -0.2) is 0 Å². The first-order chi connectivity index (χ1) is 6.35. The molecule has 2 N–H and O–H groups in total. The van der Waals surface area contributed by atoms with E-state index in [1.54, 1.807) is 0 Å². The molecule has 0 fully saturated rings. The van der Waals surface area contributed by atoms with E-state index in [-0.39, 0.29) is 0 Å². The van der Waals surface area contributed by atoms with Crippen LogP contribution in [0.25, 0.3) is 0 Å². The molecule has 2 heteroatoms. The molecule has 1 aromatic rings. The van der Waals surface area contributed by atoms with E-state index in [9.17, 15) is 0 Å². The topological polar surface area (TPSA) is 24.1 Å². The zero-order chi connectivity index (χ0) is 9.26. The molecule has 0 aromatic heterocycles. The Bertz CT molecular complexity index is 287. The zero-order valence-electron chi connectivity index (χ0n) is 8.28. The van der Waals surface area contributed by atoms with Crippen molar-refractivity contribution in [1.82, 2.24) is 0 Å². The van der Waals surface area contributed by atoms with Crippen LogP contribution >= 0.6 is 0 Å². The number of anilines is 2. The van der Waals surface area contributed by atoms with Gasteiger partial charge in [0.15, 0.2) is 0 Å². The number of hydrogen-bond donors (Lipinski definition) is 2. The molecule has 2 rings (SSSR count). The molecule has 0 saturated heterocycles. The van der Waals surface area contributed by atoms with Gasteiger partial charge < -0.3 is 10.6 Å². The normalized spacial score (nSPS) is 13.7. The number of aryl methyl sites for hydroxylation is 1. The first-order valence-electron chi connectivity index (χ1n) is 4.92. The van der Waals surface area contributed by atoms with Crippen molar-refractivity contribution in [3.63, 3.8) is 0 Å². The Hall–Kier alpha value is -1.18. The second-order valence-electron chi connectivity index (χ2n) is 3.45. The Morgan fingerprint density at radius 2 is 2.31 bits per heavy atom. The first kappa shape index (κ1) is 8.42. The third-order valence-corrected chi connectivity index (χ3v) is 2.69. The number of nitrogens with one attached hydrogen (secondary N) is 2. The van der Waals surface area contributed by atoms with Crippen molar-refractivity contribution in [3.05, 3.63) is 23.3 Å². The van der Waals surface area contributed by atoms with Crippen molar-refractivity contribution in [2.24, 2.45) is 0 Å². The standard InChI is InChI=1S/C11H16N2/c1-3-8-6-11-9(4-5-13-11)7-10(8)12-2/h6-7,12-13H,3-5H2,1-2H3. The maximum Gasteiger partial charge on any atom is 0.0377 e. The van der Waals surface area contributed by atoms with Crippen molar-refractivity contribution in [3.8, 4) is 0 Å². The predicted octanol–water partition coefficient (Wildman–Crippen LogP) is 2.26. The minimum Gasteiger partial charge on any atom is -0.388 e. The fourth-order valence-corrected chi connectivity index (χ4v) is 1.92. The minimum atomic E-state index is 1.09. The van der Waals surface area contributed by atoms with Crippen LogP contribution in [0.5, 0.6) is 0 Å². The van der Waals surface area contributed by atoms with Crippen molar-refractivity contribution in [2.45, 2.75) is 19.8 Å². The van der Waals surface area contributed by atoms with Gasteiger partial charge in [-0.05, 0) is 36.1 Å². The molecule has 0 saturated carbocycles. The molecule has 70 valence electrons. The van der Waals surface area contributed by atoms with Gasteiger partial charge in [0.2, 0.25) is 0 Å². The van der Waals surface area contributed by atoms with Gasteiger partial charge in [-0.1, -0.05) is 6.92 Å². The minimum absolute atomic E-state index is 1.09. The van der Waals surface area contributed by atoms with Crippen LogP contribution in [-0.2, 0) is 12.8 Å². The number of rotatable bonds is 2. The summed E-state index contributed by atoms with van der Waals surface area (Å²) in [7, 11) is 1.99. The predicted molar refractivity (Wildman–Crippen MR) is 57.6 cm³/mol. The Kier molecular flexibility index (Phi) is 2.13. The van der Waals surface area contributed by atoms with Gasteiger partial charge in [-0.2, -0.15) is 0 Å². The van der Waals surface area contributed by atoms with Gasteiger partial charge in [0.05, 0.1) is 0 Å². The summed E-state index contributed by atoms with van der Waals surface area (Å²) in [4.78, 5) is 0. The van der Waals surface area contributed by atoms with Crippen LogP contribution in [-0.4, -0.2) is 13.6 Å². The maximum atomic E-state index is 3.40. The van der Waals surface area contributed by atoms with Gasteiger partial charge in [0.1, 0.15) is 0 Å². The average Bonchev–Trinajstić information content (AvgIpc) is 2.62. The molecule has 1 aliphatic heterocycles. The van der Waals surface area contributed by atoms with E-state index >= 15 is 0 Å².